The van der Waals surface area contributed by atoms with Crippen LogP contribution in [0.1, 0.15) is 16.8 Å². The lowest BCUT2D eigenvalue weighted by atomic mass is 10.0. The number of nitrogens with one attached hydrogen (secondary N) is 2. The Kier molecular flexibility index (Phi) is 3.43. The molecule has 2 aromatic heterocycles. The molecule has 1 aromatic carbocycles. The fourth-order valence-electron chi connectivity index (χ4n) is 2.37. The van der Waals surface area contributed by atoms with Crippen molar-refractivity contribution in [3.63, 3.8) is 0 Å². The predicted molar refractivity (Wildman–Crippen MR) is 86.7 cm³/mol. The molecule has 21 heavy (non-hydrogen) atoms. The van der Waals surface area contributed by atoms with Gasteiger partial charge in [0.05, 0.1) is 5.69 Å². The second-order valence-corrected chi connectivity index (χ2v) is 5.55. The van der Waals surface area contributed by atoms with E-state index < -0.39 is 0 Å². The molecule has 0 atom stereocenters. The lowest BCUT2D eigenvalue weighted by Crippen LogP contribution is -1.94. The van der Waals surface area contributed by atoms with Crippen molar-refractivity contribution in [1.82, 2.24) is 20.2 Å². The monoisotopic (exact) mass is 296 g/mol. The lowest BCUT2D eigenvalue weighted by Gasteiger charge is -2.09. The van der Waals surface area contributed by atoms with Crippen LogP contribution in [0, 0.1) is 25.5 Å². The zero-order valence-electron chi connectivity index (χ0n) is 12.2. The Labute approximate surface area is 128 Å². The molecule has 0 fully saturated rings. The molecule has 2 N–H and O–H groups in total. The molecule has 0 radical (unpaired) electrons. The maximum atomic E-state index is 4.99. The average Bonchev–Trinajstić information content (AvgIpc) is 2.88. The molecule has 0 aliphatic rings. The highest BCUT2D eigenvalue weighted by Gasteiger charge is 2.10. The molecule has 3 aromatic rings. The van der Waals surface area contributed by atoms with Crippen LogP contribution in [0.25, 0.3) is 22.6 Å². The quantitative estimate of drug-likeness (QED) is 0.699. The Hall–Kier alpha value is -2.27. The number of benzene rings is 1. The first-order valence-electron chi connectivity index (χ1n) is 6.75. The van der Waals surface area contributed by atoms with Gasteiger partial charge in [-0.25, -0.2) is 0 Å². The third-order valence-corrected chi connectivity index (χ3v) is 3.70. The first-order valence-corrected chi connectivity index (χ1v) is 7.16. The molecule has 0 aliphatic carbocycles. The van der Waals surface area contributed by atoms with Gasteiger partial charge in [0.15, 0.2) is 5.82 Å². The Balaban J connectivity index is 2.09. The smallest absolute Gasteiger partial charge is 0.213 e. The minimum atomic E-state index is 0.447. The van der Waals surface area contributed by atoms with E-state index in [2.05, 4.69) is 47.2 Å². The molecule has 2 heterocycles. The topological polar surface area (TPSA) is 57.4 Å². The molecule has 0 bridgehead atoms. The van der Waals surface area contributed by atoms with E-state index in [1.165, 1.54) is 16.7 Å². The highest BCUT2D eigenvalue weighted by molar-refractivity contribution is 7.71. The van der Waals surface area contributed by atoms with Gasteiger partial charge in [0.1, 0.15) is 0 Å². The number of rotatable bonds is 2. The highest BCUT2D eigenvalue weighted by atomic mass is 32.1. The van der Waals surface area contributed by atoms with E-state index in [4.69, 9.17) is 17.2 Å². The van der Waals surface area contributed by atoms with Crippen molar-refractivity contribution in [3.05, 3.63) is 51.9 Å². The number of hydrogen-bond donors (Lipinski definition) is 2. The molecule has 0 aliphatic heterocycles. The Morgan fingerprint density at radius 2 is 1.71 bits per heavy atom. The lowest BCUT2D eigenvalue weighted by molar-refractivity contribution is 1.08. The van der Waals surface area contributed by atoms with Gasteiger partial charge < -0.3 is 0 Å². The van der Waals surface area contributed by atoms with Gasteiger partial charge in [-0.3, -0.25) is 15.2 Å². The van der Waals surface area contributed by atoms with E-state index in [1.54, 1.807) is 0 Å². The van der Waals surface area contributed by atoms with Gasteiger partial charge >= 0.3 is 0 Å². The molecule has 0 saturated carbocycles. The number of H-pyrrole nitrogens is 2. The standard InChI is InChI=1S/C16H16N4S/c1-9-4-5-10(2)13(8-9)14-7-6-12(11(3)17-14)15-18-16(21)20-19-15/h4-8H,1-3H3,(H2,18,19,20,21). The number of hydrogen-bond acceptors (Lipinski definition) is 3. The summed E-state index contributed by atoms with van der Waals surface area (Å²) in [6.45, 7) is 6.17. The molecular weight excluding hydrogens is 280 g/mol. The van der Waals surface area contributed by atoms with Gasteiger partial charge in [0, 0.05) is 16.8 Å². The van der Waals surface area contributed by atoms with Crippen molar-refractivity contribution in [2.45, 2.75) is 20.8 Å². The predicted octanol–water partition coefficient (Wildman–Crippen LogP) is 4.12. The third-order valence-electron chi connectivity index (χ3n) is 3.51. The molecule has 0 unspecified atom stereocenters. The van der Waals surface area contributed by atoms with Crippen LogP contribution in [0.4, 0.5) is 0 Å². The number of aryl methyl sites for hydroxylation is 3. The second-order valence-electron chi connectivity index (χ2n) is 5.16. The van der Waals surface area contributed by atoms with Gasteiger partial charge in [-0.15, -0.1) is 0 Å². The summed E-state index contributed by atoms with van der Waals surface area (Å²) in [4.78, 5) is 8.96. The highest BCUT2D eigenvalue weighted by Crippen LogP contribution is 2.26. The van der Waals surface area contributed by atoms with Gasteiger partial charge in [-0.1, -0.05) is 17.7 Å². The van der Waals surface area contributed by atoms with Crippen molar-refractivity contribution >= 4 is 12.2 Å². The Bertz CT molecular complexity index is 861. The summed E-state index contributed by atoms with van der Waals surface area (Å²) >= 11 is 4.99. The van der Waals surface area contributed by atoms with Gasteiger partial charge in [-0.05, 0) is 56.8 Å². The summed E-state index contributed by atoms with van der Waals surface area (Å²) in [6.07, 6.45) is 0. The minimum absolute atomic E-state index is 0.447. The van der Waals surface area contributed by atoms with Crippen molar-refractivity contribution < 1.29 is 0 Å². The summed E-state index contributed by atoms with van der Waals surface area (Å²) in [5.74, 6) is 0.720. The molecule has 106 valence electrons. The summed E-state index contributed by atoms with van der Waals surface area (Å²) in [5.41, 5.74) is 6.48. The van der Waals surface area contributed by atoms with Crippen LogP contribution in [0.3, 0.4) is 0 Å². The summed E-state index contributed by atoms with van der Waals surface area (Å²) in [7, 11) is 0. The van der Waals surface area contributed by atoms with Crippen LogP contribution in [-0.2, 0) is 0 Å². The molecule has 5 heteroatoms. The molecule has 4 nitrogen and oxygen atoms in total. The summed E-state index contributed by atoms with van der Waals surface area (Å²) in [5, 5.41) is 5.77. The molecule has 0 amide bonds. The van der Waals surface area contributed by atoms with Gasteiger partial charge in [-0.2, -0.15) is 4.98 Å². The third kappa shape index (κ3) is 2.64. The van der Waals surface area contributed by atoms with Crippen molar-refractivity contribution in [1.29, 1.82) is 0 Å². The van der Waals surface area contributed by atoms with Crippen LogP contribution in [0.2, 0.25) is 0 Å². The van der Waals surface area contributed by atoms with E-state index in [9.17, 15) is 0 Å². The van der Waals surface area contributed by atoms with Crippen molar-refractivity contribution in [2.75, 3.05) is 0 Å². The summed E-state index contributed by atoms with van der Waals surface area (Å²) < 4.78 is 0.447. The minimum Gasteiger partial charge on any atom is -0.282 e. The van der Waals surface area contributed by atoms with Crippen LogP contribution in [0.15, 0.2) is 30.3 Å². The Morgan fingerprint density at radius 3 is 2.38 bits per heavy atom. The number of aromatic amines is 2. The normalized spacial score (nSPS) is 10.8. The number of aromatic nitrogens is 4. The average molecular weight is 296 g/mol. The maximum Gasteiger partial charge on any atom is 0.213 e. The van der Waals surface area contributed by atoms with Crippen molar-refractivity contribution in [3.8, 4) is 22.6 Å². The largest absolute Gasteiger partial charge is 0.282 e. The second kappa shape index (κ2) is 5.26. The van der Waals surface area contributed by atoms with E-state index >= 15 is 0 Å². The maximum absolute atomic E-state index is 4.99. The SMILES string of the molecule is Cc1ccc(C)c(-c2ccc(-c3nc(=S)[nH][nH]3)c(C)n2)c1. The van der Waals surface area contributed by atoms with Crippen LogP contribution in [-0.4, -0.2) is 20.2 Å². The number of nitrogens with zero attached hydrogens (tertiary/aromatic N) is 2. The number of pyridine rings is 1. The fourth-order valence-corrected chi connectivity index (χ4v) is 2.51. The van der Waals surface area contributed by atoms with Crippen LogP contribution in [0.5, 0.6) is 0 Å². The summed E-state index contributed by atoms with van der Waals surface area (Å²) in [6, 6.07) is 10.5. The zero-order valence-corrected chi connectivity index (χ0v) is 13.0. The van der Waals surface area contributed by atoms with Gasteiger partial charge in [0.2, 0.25) is 4.77 Å². The molecule has 3 rings (SSSR count). The first kappa shape index (κ1) is 13.7. The van der Waals surface area contributed by atoms with Crippen molar-refractivity contribution in [2.24, 2.45) is 0 Å². The molecule has 0 saturated heterocycles. The fraction of sp³-hybridized carbons (Fsp3) is 0.188. The zero-order chi connectivity index (χ0) is 15.0. The Morgan fingerprint density at radius 1 is 0.905 bits per heavy atom. The van der Waals surface area contributed by atoms with Crippen LogP contribution < -0.4 is 0 Å². The van der Waals surface area contributed by atoms with E-state index in [-0.39, 0.29) is 0 Å². The van der Waals surface area contributed by atoms with Crippen LogP contribution >= 0.6 is 12.2 Å². The van der Waals surface area contributed by atoms with Gasteiger partial charge in [0.25, 0.3) is 0 Å². The van der Waals surface area contributed by atoms with E-state index in [0.717, 1.165) is 22.8 Å². The molecule has 0 spiro atoms. The van der Waals surface area contributed by atoms with E-state index in [1.807, 2.05) is 19.1 Å². The molecular formula is C16H16N4S. The first-order chi connectivity index (χ1) is 10.0. The van der Waals surface area contributed by atoms with E-state index in [0.29, 0.717) is 4.77 Å².